The fraction of sp³-hybridized carbons (Fsp3) is 0.625. The molecular formula is C16H27N5. The van der Waals surface area contributed by atoms with E-state index in [1.807, 2.05) is 12.5 Å². The summed E-state index contributed by atoms with van der Waals surface area (Å²) in [6, 6.07) is 0.333. The van der Waals surface area contributed by atoms with Gasteiger partial charge in [0, 0.05) is 18.5 Å². The molecule has 0 amide bonds. The topological polar surface area (TPSA) is 61.7 Å². The minimum atomic E-state index is 0.333. The Kier molecular flexibility index (Phi) is 4.40. The van der Waals surface area contributed by atoms with Crippen molar-refractivity contribution in [3.8, 4) is 11.4 Å². The standard InChI is InChI=1S/C16H27N5/c1-10(2)8-20-15(17)14(19-16(20)11(3)4)13-7-18-9-21(13)12(5)6/h7,9-12H,8,17H2,1-6H3. The van der Waals surface area contributed by atoms with Crippen molar-refractivity contribution < 1.29 is 0 Å². The first-order chi connectivity index (χ1) is 9.82. The van der Waals surface area contributed by atoms with Crippen LogP contribution in [0.5, 0.6) is 0 Å². The third-order valence-electron chi connectivity index (χ3n) is 3.57. The number of nitrogens with zero attached hydrogens (tertiary/aromatic N) is 4. The van der Waals surface area contributed by atoms with Crippen LogP contribution >= 0.6 is 0 Å². The maximum Gasteiger partial charge on any atom is 0.133 e. The molecule has 2 aromatic heterocycles. The summed E-state index contributed by atoms with van der Waals surface area (Å²) in [6.45, 7) is 13.9. The average Bonchev–Trinajstić information content (AvgIpc) is 2.95. The first kappa shape index (κ1) is 15.6. The van der Waals surface area contributed by atoms with Crippen molar-refractivity contribution in [2.75, 3.05) is 5.73 Å². The molecule has 0 aliphatic carbocycles. The third-order valence-corrected chi connectivity index (χ3v) is 3.57. The van der Waals surface area contributed by atoms with E-state index in [9.17, 15) is 0 Å². The van der Waals surface area contributed by atoms with Crippen molar-refractivity contribution in [2.45, 2.75) is 60.0 Å². The van der Waals surface area contributed by atoms with E-state index >= 15 is 0 Å². The van der Waals surface area contributed by atoms with Gasteiger partial charge in [-0.1, -0.05) is 27.7 Å². The molecule has 0 saturated heterocycles. The molecule has 0 spiro atoms. The summed E-state index contributed by atoms with van der Waals surface area (Å²) >= 11 is 0. The van der Waals surface area contributed by atoms with Crippen LogP contribution < -0.4 is 5.73 Å². The minimum absolute atomic E-state index is 0.333. The summed E-state index contributed by atoms with van der Waals surface area (Å²) in [5, 5.41) is 0. The van der Waals surface area contributed by atoms with Crippen LogP contribution in [0.4, 0.5) is 5.82 Å². The highest BCUT2D eigenvalue weighted by Gasteiger charge is 2.21. The molecule has 0 atom stereocenters. The summed E-state index contributed by atoms with van der Waals surface area (Å²) in [7, 11) is 0. The Morgan fingerprint density at radius 3 is 2.33 bits per heavy atom. The van der Waals surface area contributed by atoms with Crippen LogP contribution in [0.15, 0.2) is 12.5 Å². The number of rotatable bonds is 5. The number of imidazole rings is 2. The highest BCUT2D eigenvalue weighted by molar-refractivity contribution is 5.68. The minimum Gasteiger partial charge on any atom is -0.383 e. The van der Waals surface area contributed by atoms with Crippen LogP contribution in [-0.2, 0) is 6.54 Å². The summed E-state index contributed by atoms with van der Waals surface area (Å²) < 4.78 is 4.27. The molecule has 2 N–H and O–H groups in total. The molecule has 0 bridgehead atoms. The predicted molar refractivity (Wildman–Crippen MR) is 87.2 cm³/mol. The van der Waals surface area contributed by atoms with Crippen molar-refractivity contribution in [3.63, 3.8) is 0 Å². The molecule has 0 unspecified atom stereocenters. The summed E-state index contributed by atoms with van der Waals surface area (Å²) in [5.41, 5.74) is 8.25. The van der Waals surface area contributed by atoms with Crippen LogP contribution in [0, 0.1) is 5.92 Å². The molecule has 2 heterocycles. The quantitative estimate of drug-likeness (QED) is 0.913. The fourth-order valence-electron chi connectivity index (χ4n) is 2.57. The van der Waals surface area contributed by atoms with Gasteiger partial charge in [-0.2, -0.15) is 0 Å². The van der Waals surface area contributed by atoms with Gasteiger partial charge in [-0.15, -0.1) is 0 Å². The summed E-state index contributed by atoms with van der Waals surface area (Å²) in [4.78, 5) is 9.09. The van der Waals surface area contributed by atoms with Crippen molar-refractivity contribution >= 4 is 5.82 Å². The van der Waals surface area contributed by atoms with Gasteiger partial charge < -0.3 is 14.9 Å². The Morgan fingerprint density at radius 1 is 1.14 bits per heavy atom. The zero-order chi connectivity index (χ0) is 15.7. The molecule has 0 aromatic carbocycles. The lowest BCUT2D eigenvalue weighted by molar-refractivity contribution is 0.502. The Bertz CT molecular complexity index is 604. The second-order valence-electron chi connectivity index (χ2n) is 6.64. The molecule has 0 radical (unpaired) electrons. The van der Waals surface area contributed by atoms with Gasteiger partial charge >= 0.3 is 0 Å². The zero-order valence-electron chi connectivity index (χ0n) is 14.0. The van der Waals surface area contributed by atoms with Gasteiger partial charge in [0.15, 0.2) is 0 Å². The fourth-order valence-corrected chi connectivity index (χ4v) is 2.57. The maximum atomic E-state index is 6.41. The van der Waals surface area contributed by atoms with E-state index in [1.165, 1.54) is 0 Å². The van der Waals surface area contributed by atoms with Crippen LogP contribution in [0.3, 0.4) is 0 Å². The second kappa shape index (κ2) is 5.92. The van der Waals surface area contributed by atoms with E-state index in [4.69, 9.17) is 10.7 Å². The van der Waals surface area contributed by atoms with Crippen molar-refractivity contribution in [2.24, 2.45) is 5.92 Å². The maximum absolute atomic E-state index is 6.41. The Hall–Kier alpha value is -1.78. The largest absolute Gasteiger partial charge is 0.383 e. The molecule has 116 valence electrons. The van der Waals surface area contributed by atoms with Crippen LogP contribution in [0.25, 0.3) is 11.4 Å². The van der Waals surface area contributed by atoms with Gasteiger partial charge in [-0.05, 0) is 19.8 Å². The van der Waals surface area contributed by atoms with Crippen LogP contribution in [0.1, 0.15) is 59.3 Å². The van der Waals surface area contributed by atoms with Gasteiger partial charge in [-0.3, -0.25) is 0 Å². The molecule has 2 rings (SSSR count). The SMILES string of the molecule is CC(C)Cn1c(C(C)C)nc(-c2cncn2C(C)C)c1N. The summed E-state index contributed by atoms with van der Waals surface area (Å²) in [6.07, 6.45) is 3.69. The first-order valence-corrected chi connectivity index (χ1v) is 7.71. The monoisotopic (exact) mass is 289 g/mol. The number of nitrogens with two attached hydrogens (primary N) is 1. The Balaban J connectivity index is 2.57. The number of nitrogen functional groups attached to an aromatic ring is 1. The smallest absolute Gasteiger partial charge is 0.133 e. The predicted octanol–water partition coefficient (Wildman–Crippen LogP) is 3.69. The molecule has 0 fully saturated rings. The van der Waals surface area contributed by atoms with Gasteiger partial charge in [0.1, 0.15) is 17.3 Å². The van der Waals surface area contributed by atoms with Gasteiger partial charge in [0.2, 0.25) is 0 Å². The van der Waals surface area contributed by atoms with E-state index in [1.54, 1.807) is 0 Å². The summed E-state index contributed by atoms with van der Waals surface area (Å²) in [5.74, 6) is 2.67. The van der Waals surface area contributed by atoms with E-state index in [-0.39, 0.29) is 0 Å². The third kappa shape index (κ3) is 2.96. The van der Waals surface area contributed by atoms with E-state index in [0.717, 1.165) is 29.6 Å². The number of anilines is 1. The van der Waals surface area contributed by atoms with E-state index in [2.05, 4.69) is 55.7 Å². The number of aromatic nitrogens is 4. The normalized spacial score (nSPS) is 12.0. The van der Waals surface area contributed by atoms with Gasteiger partial charge in [-0.25, -0.2) is 9.97 Å². The molecule has 21 heavy (non-hydrogen) atoms. The van der Waals surface area contributed by atoms with Crippen LogP contribution in [-0.4, -0.2) is 19.1 Å². The molecule has 2 aromatic rings. The lowest BCUT2D eigenvalue weighted by Crippen LogP contribution is -2.12. The highest BCUT2D eigenvalue weighted by atomic mass is 15.2. The Morgan fingerprint density at radius 2 is 1.81 bits per heavy atom. The molecule has 0 aliphatic rings. The average molecular weight is 289 g/mol. The van der Waals surface area contributed by atoms with Crippen LogP contribution in [0.2, 0.25) is 0 Å². The van der Waals surface area contributed by atoms with Crippen molar-refractivity contribution in [1.29, 1.82) is 0 Å². The highest BCUT2D eigenvalue weighted by Crippen LogP contribution is 2.31. The molecule has 5 nitrogen and oxygen atoms in total. The molecule has 0 aliphatic heterocycles. The molecular weight excluding hydrogens is 262 g/mol. The zero-order valence-corrected chi connectivity index (χ0v) is 14.0. The van der Waals surface area contributed by atoms with E-state index in [0.29, 0.717) is 17.9 Å². The van der Waals surface area contributed by atoms with Crippen molar-refractivity contribution in [1.82, 2.24) is 19.1 Å². The number of hydrogen-bond acceptors (Lipinski definition) is 3. The number of hydrogen-bond donors (Lipinski definition) is 1. The van der Waals surface area contributed by atoms with Crippen molar-refractivity contribution in [3.05, 3.63) is 18.3 Å². The first-order valence-electron chi connectivity index (χ1n) is 7.71. The lowest BCUT2D eigenvalue weighted by atomic mass is 10.2. The van der Waals surface area contributed by atoms with Gasteiger partial charge in [0.25, 0.3) is 0 Å². The van der Waals surface area contributed by atoms with Gasteiger partial charge in [0.05, 0.1) is 18.2 Å². The second-order valence-corrected chi connectivity index (χ2v) is 6.64. The molecule has 0 saturated carbocycles. The molecule has 5 heteroatoms. The Labute approximate surface area is 127 Å². The lowest BCUT2D eigenvalue weighted by Gasteiger charge is -2.14. The van der Waals surface area contributed by atoms with E-state index < -0.39 is 0 Å².